The number of carbonyl (C=O) groups excluding carboxylic acids is 1. The zero-order chi connectivity index (χ0) is 16.3. The lowest BCUT2D eigenvalue weighted by Gasteiger charge is -2.11. The van der Waals surface area contributed by atoms with Gasteiger partial charge in [0.15, 0.2) is 0 Å². The second-order valence-electron chi connectivity index (χ2n) is 5.64. The van der Waals surface area contributed by atoms with Crippen LogP contribution in [0.1, 0.15) is 19.8 Å². The molecule has 0 atom stereocenters. The van der Waals surface area contributed by atoms with E-state index in [1.165, 1.54) is 0 Å². The molecule has 5 nitrogen and oxygen atoms in total. The molecule has 3 rings (SSSR count). The largest absolute Gasteiger partial charge is 0.494 e. The van der Waals surface area contributed by atoms with Gasteiger partial charge >= 0.3 is 0 Å². The third-order valence-corrected chi connectivity index (χ3v) is 3.72. The Kier molecular flexibility index (Phi) is 4.21. The highest BCUT2D eigenvalue weighted by molar-refractivity contribution is 6.00. The summed E-state index contributed by atoms with van der Waals surface area (Å²) >= 11 is 0. The van der Waals surface area contributed by atoms with Crippen molar-refractivity contribution in [1.29, 1.82) is 0 Å². The van der Waals surface area contributed by atoms with Gasteiger partial charge in [-0.05, 0) is 68.3 Å². The van der Waals surface area contributed by atoms with E-state index in [2.05, 4.69) is 5.32 Å². The van der Waals surface area contributed by atoms with Crippen LogP contribution in [0, 0.1) is 0 Å². The van der Waals surface area contributed by atoms with Gasteiger partial charge in [-0.15, -0.1) is 0 Å². The summed E-state index contributed by atoms with van der Waals surface area (Å²) in [6.07, 6.45) is 1.50. The van der Waals surface area contributed by atoms with Crippen LogP contribution in [0.4, 0.5) is 5.69 Å². The highest BCUT2D eigenvalue weighted by Gasteiger charge is 2.45. The zero-order valence-corrected chi connectivity index (χ0v) is 13.0. The Morgan fingerprint density at radius 2 is 1.57 bits per heavy atom. The number of rotatable bonds is 6. The van der Waals surface area contributed by atoms with E-state index in [0.717, 1.165) is 24.3 Å². The van der Waals surface area contributed by atoms with E-state index >= 15 is 0 Å². The topological polar surface area (TPSA) is 73.6 Å². The van der Waals surface area contributed by atoms with E-state index < -0.39 is 5.54 Å². The summed E-state index contributed by atoms with van der Waals surface area (Å²) in [5.74, 6) is 2.11. The lowest BCUT2D eigenvalue weighted by atomic mass is 10.2. The Labute approximate surface area is 135 Å². The van der Waals surface area contributed by atoms with Gasteiger partial charge < -0.3 is 20.5 Å². The predicted octanol–water partition coefficient (Wildman–Crippen LogP) is 3.31. The highest BCUT2D eigenvalue weighted by Crippen LogP contribution is 2.33. The summed E-state index contributed by atoms with van der Waals surface area (Å²) in [7, 11) is 0. The molecule has 0 aromatic heterocycles. The maximum Gasteiger partial charge on any atom is 0.244 e. The van der Waals surface area contributed by atoms with Crippen molar-refractivity contribution in [3.8, 4) is 17.2 Å². The molecule has 1 fully saturated rings. The van der Waals surface area contributed by atoms with Gasteiger partial charge in [-0.3, -0.25) is 4.79 Å². The van der Waals surface area contributed by atoms with Crippen molar-refractivity contribution in [3.63, 3.8) is 0 Å². The minimum absolute atomic E-state index is 0.127. The van der Waals surface area contributed by atoms with Crippen LogP contribution in [0.3, 0.4) is 0 Å². The monoisotopic (exact) mass is 312 g/mol. The summed E-state index contributed by atoms with van der Waals surface area (Å²) in [6.45, 7) is 2.58. The van der Waals surface area contributed by atoms with E-state index in [9.17, 15) is 4.79 Å². The fourth-order valence-corrected chi connectivity index (χ4v) is 2.13. The van der Waals surface area contributed by atoms with Crippen LogP contribution in [-0.4, -0.2) is 18.1 Å². The maximum atomic E-state index is 11.9. The van der Waals surface area contributed by atoms with Gasteiger partial charge in [0.2, 0.25) is 5.91 Å². The first-order valence-corrected chi connectivity index (χ1v) is 7.70. The van der Waals surface area contributed by atoms with Gasteiger partial charge in [0, 0.05) is 5.69 Å². The Morgan fingerprint density at radius 3 is 2.09 bits per heavy atom. The molecule has 2 aromatic rings. The van der Waals surface area contributed by atoms with Crippen LogP contribution in [0.15, 0.2) is 48.5 Å². The molecule has 0 spiro atoms. The first-order valence-electron chi connectivity index (χ1n) is 7.70. The maximum absolute atomic E-state index is 11.9. The SMILES string of the molecule is CCOc1ccc(Oc2ccc(NC(=O)C3(N)CC3)cc2)cc1. The molecule has 1 aliphatic rings. The average molecular weight is 312 g/mol. The Morgan fingerprint density at radius 1 is 1.04 bits per heavy atom. The molecule has 0 aliphatic heterocycles. The molecule has 1 saturated carbocycles. The molecular formula is C18H20N2O3. The van der Waals surface area contributed by atoms with Crippen molar-refractivity contribution < 1.29 is 14.3 Å². The Hall–Kier alpha value is -2.53. The first-order chi connectivity index (χ1) is 11.1. The van der Waals surface area contributed by atoms with Gasteiger partial charge in [0.25, 0.3) is 0 Å². The molecule has 3 N–H and O–H groups in total. The van der Waals surface area contributed by atoms with Crippen LogP contribution < -0.4 is 20.5 Å². The quantitative estimate of drug-likeness (QED) is 0.858. The number of carbonyl (C=O) groups is 1. The number of hydrogen-bond donors (Lipinski definition) is 2. The average Bonchev–Trinajstić information content (AvgIpc) is 3.31. The van der Waals surface area contributed by atoms with Crippen molar-refractivity contribution in [2.75, 3.05) is 11.9 Å². The van der Waals surface area contributed by atoms with E-state index in [1.54, 1.807) is 12.1 Å². The number of ether oxygens (including phenoxy) is 2. The van der Waals surface area contributed by atoms with Gasteiger partial charge in [-0.1, -0.05) is 0 Å². The summed E-state index contributed by atoms with van der Waals surface area (Å²) < 4.78 is 11.1. The lowest BCUT2D eigenvalue weighted by molar-refractivity contribution is -0.118. The molecule has 2 aromatic carbocycles. The third-order valence-electron chi connectivity index (χ3n) is 3.72. The van der Waals surface area contributed by atoms with Gasteiger partial charge in [-0.25, -0.2) is 0 Å². The zero-order valence-electron chi connectivity index (χ0n) is 13.0. The van der Waals surface area contributed by atoms with E-state index in [-0.39, 0.29) is 5.91 Å². The van der Waals surface area contributed by atoms with Crippen molar-refractivity contribution in [2.45, 2.75) is 25.3 Å². The summed E-state index contributed by atoms with van der Waals surface area (Å²) in [6, 6.07) is 14.6. The minimum atomic E-state index is -0.669. The number of anilines is 1. The molecular weight excluding hydrogens is 292 g/mol. The highest BCUT2D eigenvalue weighted by atomic mass is 16.5. The van der Waals surface area contributed by atoms with E-state index in [1.807, 2.05) is 43.3 Å². The minimum Gasteiger partial charge on any atom is -0.494 e. The third kappa shape index (κ3) is 3.81. The molecule has 1 amide bonds. The number of amides is 1. The van der Waals surface area contributed by atoms with Crippen LogP contribution in [0.25, 0.3) is 0 Å². The van der Waals surface area contributed by atoms with Crippen molar-refractivity contribution in [2.24, 2.45) is 5.73 Å². The predicted molar refractivity (Wildman–Crippen MR) is 88.9 cm³/mol. The standard InChI is InChI=1S/C18H20N2O3/c1-2-22-14-7-9-16(10-8-14)23-15-5-3-13(4-6-15)20-17(21)18(19)11-12-18/h3-10H,2,11-12,19H2,1H3,(H,20,21). The number of hydrogen-bond acceptors (Lipinski definition) is 4. The van der Waals surface area contributed by atoms with Crippen molar-refractivity contribution in [3.05, 3.63) is 48.5 Å². The number of nitrogens with two attached hydrogens (primary N) is 1. The molecule has 5 heteroatoms. The molecule has 0 bridgehead atoms. The Balaban J connectivity index is 1.59. The van der Waals surface area contributed by atoms with Crippen LogP contribution in [0.5, 0.6) is 17.2 Å². The van der Waals surface area contributed by atoms with Gasteiger partial charge in [0.1, 0.15) is 17.2 Å². The molecule has 1 aliphatic carbocycles. The lowest BCUT2D eigenvalue weighted by Crippen LogP contribution is -2.37. The smallest absolute Gasteiger partial charge is 0.244 e. The fourth-order valence-electron chi connectivity index (χ4n) is 2.13. The van der Waals surface area contributed by atoms with Crippen molar-refractivity contribution >= 4 is 11.6 Å². The first kappa shape index (κ1) is 15.4. The summed E-state index contributed by atoms with van der Waals surface area (Å²) in [4.78, 5) is 11.9. The normalized spacial score (nSPS) is 14.9. The molecule has 0 saturated heterocycles. The fraction of sp³-hybridized carbons (Fsp3) is 0.278. The summed E-state index contributed by atoms with van der Waals surface area (Å²) in [5, 5.41) is 2.82. The van der Waals surface area contributed by atoms with Crippen molar-refractivity contribution in [1.82, 2.24) is 0 Å². The van der Waals surface area contributed by atoms with Crippen LogP contribution >= 0.6 is 0 Å². The van der Waals surface area contributed by atoms with Gasteiger partial charge in [0.05, 0.1) is 12.1 Å². The van der Waals surface area contributed by atoms with E-state index in [4.69, 9.17) is 15.2 Å². The molecule has 0 radical (unpaired) electrons. The van der Waals surface area contributed by atoms with Crippen LogP contribution in [-0.2, 0) is 4.79 Å². The second-order valence-corrected chi connectivity index (χ2v) is 5.64. The Bertz CT molecular complexity index is 676. The number of benzene rings is 2. The number of nitrogens with one attached hydrogen (secondary N) is 1. The molecule has 0 unspecified atom stereocenters. The molecule has 120 valence electrons. The van der Waals surface area contributed by atoms with Crippen LogP contribution in [0.2, 0.25) is 0 Å². The molecule has 23 heavy (non-hydrogen) atoms. The molecule has 0 heterocycles. The van der Waals surface area contributed by atoms with E-state index in [0.29, 0.717) is 18.0 Å². The second kappa shape index (κ2) is 6.30. The summed E-state index contributed by atoms with van der Waals surface area (Å²) in [5.41, 5.74) is 5.90. The van der Waals surface area contributed by atoms with Gasteiger partial charge in [-0.2, -0.15) is 0 Å².